The number of hydrogen-bond donors (Lipinski definition) is 2. The molecule has 0 aromatic rings. The molecule has 0 radical (unpaired) electrons. The van der Waals surface area contributed by atoms with Crippen LogP contribution in [0, 0.1) is 0 Å². The molecule has 0 heterocycles. The van der Waals surface area contributed by atoms with Gasteiger partial charge in [-0.05, 0) is 77.6 Å². The minimum Gasteiger partial charge on any atom is -0.392 e. The molecule has 182 valence electrons. The van der Waals surface area contributed by atoms with E-state index in [2.05, 4.69) is 31.2 Å². The maximum Gasteiger partial charge on any atom is 0.130 e. The molecule has 0 rings (SSSR count). The lowest BCUT2D eigenvalue weighted by Crippen LogP contribution is -2.02. The van der Waals surface area contributed by atoms with E-state index >= 15 is 0 Å². The molecule has 0 saturated heterocycles. The van der Waals surface area contributed by atoms with Gasteiger partial charge < -0.3 is 15.0 Å². The summed E-state index contributed by atoms with van der Waals surface area (Å²) in [5.74, 6) is 0.194. The van der Waals surface area contributed by atoms with Gasteiger partial charge in [0.25, 0.3) is 0 Å². The zero-order valence-corrected chi connectivity index (χ0v) is 20.6. The van der Waals surface area contributed by atoms with Gasteiger partial charge in [0, 0.05) is 6.42 Å². The van der Waals surface area contributed by atoms with Crippen molar-refractivity contribution in [1.29, 1.82) is 0 Å². The summed E-state index contributed by atoms with van der Waals surface area (Å²) in [4.78, 5) is 10.8. The number of hydrogen-bond acceptors (Lipinski definition) is 3. The highest BCUT2D eigenvalue weighted by Gasteiger charge is 1.98. The number of Topliss-reactive ketones (excluding diaryl/α,β-unsaturated/α-hetero) is 1. The van der Waals surface area contributed by atoms with Gasteiger partial charge in [-0.25, -0.2) is 0 Å². The Labute approximate surface area is 197 Å². The zero-order chi connectivity index (χ0) is 23.7. The third-order valence-electron chi connectivity index (χ3n) is 5.12. The fourth-order valence-electron chi connectivity index (χ4n) is 3.12. The van der Waals surface area contributed by atoms with E-state index < -0.39 is 6.10 Å². The van der Waals surface area contributed by atoms with E-state index in [-0.39, 0.29) is 11.9 Å². The lowest BCUT2D eigenvalue weighted by atomic mass is 10.1. The molecule has 0 aromatic carbocycles. The Bertz CT molecular complexity index is 569. The summed E-state index contributed by atoms with van der Waals surface area (Å²) >= 11 is 0. The maximum atomic E-state index is 10.8. The zero-order valence-electron chi connectivity index (χ0n) is 20.6. The Morgan fingerprint density at radius 2 is 1.22 bits per heavy atom. The molecule has 0 aliphatic carbocycles. The molecule has 32 heavy (non-hydrogen) atoms. The largest absolute Gasteiger partial charge is 0.392 e. The molecule has 0 aliphatic rings. The second-order valence-corrected chi connectivity index (χ2v) is 8.50. The molecule has 2 unspecified atom stereocenters. The van der Waals surface area contributed by atoms with Gasteiger partial charge in [-0.1, -0.05) is 80.5 Å². The molecular formula is C29H48O3. The summed E-state index contributed by atoms with van der Waals surface area (Å²) in [6, 6.07) is 0. The van der Waals surface area contributed by atoms with Crippen molar-refractivity contribution >= 4 is 5.78 Å². The van der Waals surface area contributed by atoms with Crippen molar-refractivity contribution in [3.63, 3.8) is 0 Å². The Morgan fingerprint density at radius 1 is 0.688 bits per heavy atom. The van der Waals surface area contributed by atoms with Gasteiger partial charge in [0.2, 0.25) is 0 Å². The third-order valence-corrected chi connectivity index (χ3v) is 5.12. The lowest BCUT2D eigenvalue weighted by Gasteiger charge is -2.03. The summed E-state index contributed by atoms with van der Waals surface area (Å²) < 4.78 is 0. The SMILES string of the molecule is CCCCC/C=C\CCCC/C=C\CC(O)/C=C\C/C=C\CC(O)C/C=C\CCC(C)=O. The average Bonchev–Trinajstić information content (AvgIpc) is 2.76. The molecule has 3 nitrogen and oxygen atoms in total. The monoisotopic (exact) mass is 444 g/mol. The van der Waals surface area contributed by atoms with Crippen LogP contribution in [0.5, 0.6) is 0 Å². The lowest BCUT2D eigenvalue weighted by molar-refractivity contribution is -0.116. The van der Waals surface area contributed by atoms with Crippen LogP contribution in [-0.4, -0.2) is 28.2 Å². The van der Waals surface area contributed by atoms with Crippen LogP contribution in [0.2, 0.25) is 0 Å². The van der Waals surface area contributed by atoms with Crippen LogP contribution in [0.4, 0.5) is 0 Å². The van der Waals surface area contributed by atoms with Gasteiger partial charge in [-0.3, -0.25) is 0 Å². The average molecular weight is 445 g/mol. The minimum atomic E-state index is -0.434. The first kappa shape index (κ1) is 30.3. The van der Waals surface area contributed by atoms with Crippen LogP contribution in [0.25, 0.3) is 0 Å². The van der Waals surface area contributed by atoms with E-state index in [0.717, 1.165) is 19.3 Å². The number of ketones is 1. The van der Waals surface area contributed by atoms with Crippen LogP contribution in [0.3, 0.4) is 0 Å². The van der Waals surface area contributed by atoms with E-state index in [1.807, 2.05) is 36.5 Å². The molecule has 0 fully saturated rings. The maximum absolute atomic E-state index is 10.8. The first-order valence-electron chi connectivity index (χ1n) is 12.7. The molecule has 0 amide bonds. The highest BCUT2D eigenvalue weighted by Crippen LogP contribution is 2.06. The van der Waals surface area contributed by atoms with Crippen LogP contribution in [0.15, 0.2) is 60.8 Å². The number of allylic oxidation sites excluding steroid dienone is 6. The van der Waals surface area contributed by atoms with Crippen molar-refractivity contribution in [1.82, 2.24) is 0 Å². The molecule has 2 N–H and O–H groups in total. The predicted octanol–water partition coefficient (Wildman–Crippen LogP) is 7.56. The highest BCUT2D eigenvalue weighted by atomic mass is 16.3. The Kier molecular flexibility index (Phi) is 22.7. The Morgan fingerprint density at radius 3 is 1.84 bits per heavy atom. The molecule has 0 bridgehead atoms. The van der Waals surface area contributed by atoms with Crippen LogP contribution in [-0.2, 0) is 4.79 Å². The van der Waals surface area contributed by atoms with E-state index in [1.165, 1.54) is 44.9 Å². The van der Waals surface area contributed by atoms with Gasteiger partial charge in [0.15, 0.2) is 0 Å². The number of aliphatic hydroxyl groups is 2. The van der Waals surface area contributed by atoms with Crippen LogP contribution >= 0.6 is 0 Å². The Hall–Kier alpha value is -1.71. The highest BCUT2D eigenvalue weighted by molar-refractivity contribution is 5.75. The summed E-state index contributed by atoms with van der Waals surface area (Å²) in [7, 11) is 0. The molecule has 0 saturated carbocycles. The van der Waals surface area contributed by atoms with Crippen molar-refractivity contribution in [3.05, 3.63) is 60.8 Å². The first-order valence-corrected chi connectivity index (χ1v) is 12.7. The topological polar surface area (TPSA) is 57.5 Å². The molecule has 3 heteroatoms. The standard InChI is InChI=1S/C29H48O3/c1-3-4-5-6-7-8-9-10-11-12-13-18-23-28(31)24-19-14-15-20-25-29(32)26-21-16-17-22-27(2)30/h7-8,13,15-16,18-21,24,28-29,31-32H,3-6,9-12,14,17,22-23,25-26H2,1-2H3/b8-7-,18-13-,20-15-,21-16-,24-19-. The minimum absolute atomic E-state index is 0.194. The van der Waals surface area contributed by atoms with E-state index in [0.29, 0.717) is 25.7 Å². The molecule has 0 aliphatic heterocycles. The van der Waals surface area contributed by atoms with Crippen molar-refractivity contribution in [2.45, 2.75) is 116 Å². The van der Waals surface area contributed by atoms with Gasteiger partial charge in [-0.15, -0.1) is 0 Å². The van der Waals surface area contributed by atoms with Crippen LogP contribution < -0.4 is 0 Å². The molecule has 0 aromatic heterocycles. The quantitative estimate of drug-likeness (QED) is 0.142. The number of rotatable bonds is 21. The summed E-state index contributed by atoms with van der Waals surface area (Å²) in [6.45, 7) is 3.83. The second-order valence-electron chi connectivity index (χ2n) is 8.50. The summed E-state index contributed by atoms with van der Waals surface area (Å²) in [5.41, 5.74) is 0. The normalized spacial score (nSPS) is 14.6. The number of carbonyl (C=O) groups excluding carboxylic acids is 1. The summed E-state index contributed by atoms with van der Waals surface area (Å²) in [5, 5.41) is 19.9. The molecule has 2 atom stereocenters. The van der Waals surface area contributed by atoms with Crippen molar-refractivity contribution in [2.24, 2.45) is 0 Å². The van der Waals surface area contributed by atoms with Crippen LogP contribution in [0.1, 0.15) is 104 Å². The third kappa shape index (κ3) is 24.6. The van der Waals surface area contributed by atoms with Gasteiger partial charge in [0.05, 0.1) is 12.2 Å². The van der Waals surface area contributed by atoms with Gasteiger partial charge in [0.1, 0.15) is 5.78 Å². The number of carbonyl (C=O) groups is 1. The van der Waals surface area contributed by atoms with E-state index in [9.17, 15) is 15.0 Å². The van der Waals surface area contributed by atoms with Crippen molar-refractivity contribution < 1.29 is 15.0 Å². The van der Waals surface area contributed by atoms with Crippen molar-refractivity contribution in [2.75, 3.05) is 0 Å². The fraction of sp³-hybridized carbons (Fsp3) is 0.621. The molecular weight excluding hydrogens is 396 g/mol. The van der Waals surface area contributed by atoms with Crippen molar-refractivity contribution in [3.8, 4) is 0 Å². The second kappa shape index (κ2) is 23.9. The number of aliphatic hydroxyl groups excluding tert-OH is 2. The molecule has 0 spiro atoms. The first-order chi connectivity index (χ1) is 15.6. The van der Waals surface area contributed by atoms with Gasteiger partial charge >= 0.3 is 0 Å². The van der Waals surface area contributed by atoms with E-state index in [1.54, 1.807) is 6.92 Å². The fourth-order valence-corrected chi connectivity index (χ4v) is 3.12. The predicted molar refractivity (Wildman–Crippen MR) is 139 cm³/mol. The number of unbranched alkanes of at least 4 members (excludes halogenated alkanes) is 6. The Balaban J connectivity index is 3.65. The van der Waals surface area contributed by atoms with Gasteiger partial charge in [-0.2, -0.15) is 0 Å². The smallest absolute Gasteiger partial charge is 0.130 e. The summed E-state index contributed by atoms with van der Waals surface area (Å²) in [6.07, 6.45) is 33.6. The van der Waals surface area contributed by atoms with E-state index in [4.69, 9.17) is 0 Å².